The minimum absolute atomic E-state index is 0.0531. The first-order chi connectivity index (χ1) is 16.7. The minimum Gasteiger partial charge on any atom is -0.456 e. The van der Waals surface area contributed by atoms with Crippen LogP contribution in [0.5, 0.6) is 0 Å². The molecule has 3 aromatic carbocycles. The van der Waals surface area contributed by atoms with E-state index in [0.717, 1.165) is 20.7 Å². The highest BCUT2D eigenvalue weighted by Crippen LogP contribution is 2.37. The van der Waals surface area contributed by atoms with Crippen LogP contribution in [0, 0.1) is 0 Å². The maximum absolute atomic E-state index is 13.5. The summed E-state index contributed by atoms with van der Waals surface area (Å²) in [7, 11) is 0. The first-order valence-electron chi connectivity index (χ1n) is 10.8. The summed E-state index contributed by atoms with van der Waals surface area (Å²) >= 11 is 1.61. The second kappa shape index (κ2) is 8.17. The molecule has 5 aromatic rings. The van der Waals surface area contributed by atoms with Gasteiger partial charge in [-0.1, -0.05) is 66.7 Å². The Hall–Kier alpha value is -4.42. The Morgan fingerprint density at radius 1 is 0.676 bits per heavy atom. The lowest BCUT2D eigenvalue weighted by molar-refractivity contribution is -0.116. The molecule has 2 amide bonds. The second-order valence-corrected chi connectivity index (χ2v) is 8.90. The first kappa shape index (κ1) is 20.2. The van der Waals surface area contributed by atoms with Crippen LogP contribution in [0.1, 0.15) is 5.76 Å². The Bertz CT molecular complexity index is 1450. The Labute approximate surface area is 199 Å². The summed E-state index contributed by atoms with van der Waals surface area (Å²) in [4.78, 5) is 28.0. The highest BCUT2D eigenvalue weighted by atomic mass is 32.1. The molecule has 0 spiro atoms. The van der Waals surface area contributed by atoms with E-state index in [1.165, 1.54) is 10.0 Å². The van der Waals surface area contributed by atoms with Crippen LogP contribution in [0.2, 0.25) is 0 Å². The SMILES string of the molecule is O=C1C(=Cc2cc3sc(-c4ccccc4)cc3o2)C(=O)N(c2ccccc2)N1c1ccccc1. The first-order valence-corrected chi connectivity index (χ1v) is 11.6. The number of hydrogen-bond donors (Lipinski definition) is 0. The molecule has 0 N–H and O–H groups in total. The lowest BCUT2D eigenvalue weighted by atomic mass is 10.2. The molecule has 34 heavy (non-hydrogen) atoms. The summed E-state index contributed by atoms with van der Waals surface area (Å²) in [6, 6.07) is 32.3. The summed E-state index contributed by atoms with van der Waals surface area (Å²) in [6.07, 6.45) is 1.54. The van der Waals surface area contributed by atoms with Crippen LogP contribution in [-0.4, -0.2) is 11.8 Å². The van der Waals surface area contributed by atoms with Gasteiger partial charge in [0.15, 0.2) is 0 Å². The van der Waals surface area contributed by atoms with Gasteiger partial charge in [-0.3, -0.25) is 9.59 Å². The van der Waals surface area contributed by atoms with Crippen molar-refractivity contribution in [3.63, 3.8) is 0 Å². The van der Waals surface area contributed by atoms with Gasteiger partial charge in [0, 0.05) is 17.0 Å². The summed E-state index contributed by atoms with van der Waals surface area (Å²) in [5, 5.41) is 2.81. The lowest BCUT2D eigenvalue weighted by Crippen LogP contribution is -2.41. The molecule has 0 bridgehead atoms. The van der Waals surface area contributed by atoms with Gasteiger partial charge in [-0.15, -0.1) is 11.3 Å². The molecule has 0 unspecified atom stereocenters. The maximum atomic E-state index is 13.5. The summed E-state index contributed by atoms with van der Waals surface area (Å²) in [5.74, 6) is -0.324. The van der Waals surface area contributed by atoms with Gasteiger partial charge in [-0.05, 0) is 35.9 Å². The van der Waals surface area contributed by atoms with Crippen molar-refractivity contribution in [3.05, 3.63) is 114 Å². The number of nitrogens with zero attached hydrogens (tertiary/aromatic N) is 2. The van der Waals surface area contributed by atoms with Gasteiger partial charge >= 0.3 is 0 Å². The van der Waals surface area contributed by atoms with E-state index in [9.17, 15) is 9.59 Å². The van der Waals surface area contributed by atoms with Gasteiger partial charge in [-0.2, -0.15) is 0 Å². The van der Waals surface area contributed by atoms with Gasteiger partial charge in [-0.25, -0.2) is 10.0 Å². The fourth-order valence-corrected chi connectivity index (χ4v) is 5.07. The number of hydrogen-bond acceptors (Lipinski definition) is 4. The molecule has 0 saturated carbocycles. The molecule has 6 rings (SSSR count). The summed E-state index contributed by atoms with van der Waals surface area (Å²) in [6.45, 7) is 0. The predicted molar refractivity (Wildman–Crippen MR) is 135 cm³/mol. The van der Waals surface area contributed by atoms with E-state index >= 15 is 0 Å². The quantitative estimate of drug-likeness (QED) is 0.225. The third kappa shape index (κ3) is 3.41. The van der Waals surface area contributed by atoms with Crippen LogP contribution in [0.25, 0.3) is 26.8 Å². The van der Waals surface area contributed by atoms with E-state index in [0.29, 0.717) is 17.1 Å². The van der Waals surface area contributed by atoms with Crippen molar-refractivity contribution in [1.29, 1.82) is 0 Å². The number of rotatable bonds is 4. The van der Waals surface area contributed by atoms with E-state index in [1.54, 1.807) is 41.7 Å². The van der Waals surface area contributed by atoms with Crippen molar-refractivity contribution < 1.29 is 14.0 Å². The molecule has 6 heteroatoms. The average Bonchev–Trinajstić information content (AvgIpc) is 3.52. The van der Waals surface area contributed by atoms with Gasteiger partial charge in [0.1, 0.15) is 16.9 Å². The Morgan fingerprint density at radius 2 is 1.21 bits per heavy atom. The largest absolute Gasteiger partial charge is 0.456 e. The molecule has 164 valence electrons. The van der Waals surface area contributed by atoms with Gasteiger partial charge in [0.05, 0.1) is 16.1 Å². The van der Waals surface area contributed by atoms with Crippen molar-refractivity contribution in [2.75, 3.05) is 10.0 Å². The van der Waals surface area contributed by atoms with Gasteiger partial charge in [0.25, 0.3) is 11.8 Å². The molecule has 5 nitrogen and oxygen atoms in total. The van der Waals surface area contributed by atoms with Crippen LogP contribution in [0.4, 0.5) is 11.4 Å². The number of furan rings is 1. The van der Waals surface area contributed by atoms with E-state index in [2.05, 4.69) is 12.1 Å². The van der Waals surface area contributed by atoms with Crippen molar-refractivity contribution in [3.8, 4) is 10.4 Å². The number of carbonyl (C=O) groups excluding carboxylic acids is 2. The van der Waals surface area contributed by atoms with Gasteiger partial charge in [0.2, 0.25) is 0 Å². The third-order valence-electron chi connectivity index (χ3n) is 5.62. The van der Waals surface area contributed by atoms with Crippen LogP contribution in [-0.2, 0) is 9.59 Å². The van der Waals surface area contributed by atoms with Crippen molar-refractivity contribution in [2.24, 2.45) is 0 Å². The van der Waals surface area contributed by atoms with E-state index in [4.69, 9.17) is 4.42 Å². The summed E-state index contributed by atoms with van der Waals surface area (Å²) in [5.41, 5.74) is 3.13. The zero-order chi connectivity index (χ0) is 23.1. The Kier molecular flexibility index (Phi) is 4.86. The minimum atomic E-state index is -0.398. The highest BCUT2D eigenvalue weighted by Gasteiger charge is 2.43. The molecule has 3 heterocycles. The number of thiophene rings is 1. The second-order valence-electron chi connectivity index (χ2n) is 7.82. The van der Waals surface area contributed by atoms with Crippen LogP contribution < -0.4 is 10.0 Å². The number of carbonyl (C=O) groups is 2. The van der Waals surface area contributed by atoms with Crippen LogP contribution >= 0.6 is 11.3 Å². The van der Waals surface area contributed by atoms with E-state index in [-0.39, 0.29) is 5.57 Å². The molecule has 1 aliphatic rings. The van der Waals surface area contributed by atoms with Gasteiger partial charge < -0.3 is 4.42 Å². The molecule has 1 fully saturated rings. The van der Waals surface area contributed by atoms with Crippen molar-refractivity contribution >= 4 is 50.9 Å². The molecule has 2 aromatic heterocycles. The van der Waals surface area contributed by atoms with E-state index < -0.39 is 11.8 Å². The highest BCUT2D eigenvalue weighted by molar-refractivity contribution is 7.22. The molecule has 1 aliphatic heterocycles. The van der Waals surface area contributed by atoms with E-state index in [1.807, 2.05) is 66.7 Å². The van der Waals surface area contributed by atoms with Crippen LogP contribution in [0.15, 0.2) is 113 Å². The standard InChI is InChI=1S/C28H18N2O3S/c31-27-23(16-22-17-26-24(33-22)18-25(34-26)19-10-4-1-5-11-19)28(32)30(21-14-8-3-9-15-21)29(27)20-12-6-2-7-13-20/h1-18H. The maximum Gasteiger partial charge on any atom is 0.283 e. The number of para-hydroxylation sites is 2. The monoisotopic (exact) mass is 462 g/mol. The number of amides is 2. The van der Waals surface area contributed by atoms with Crippen molar-refractivity contribution in [1.82, 2.24) is 0 Å². The summed E-state index contributed by atoms with van der Waals surface area (Å²) < 4.78 is 6.96. The zero-order valence-electron chi connectivity index (χ0n) is 17.9. The average molecular weight is 463 g/mol. The zero-order valence-corrected chi connectivity index (χ0v) is 18.7. The predicted octanol–water partition coefficient (Wildman–Crippen LogP) is 6.54. The molecule has 0 radical (unpaired) electrons. The smallest absolute Gasteiger partial charge is 0.283 e. The Balaban J connectivity index is 1.40. The number of benzene rings is 3. The topological polar surface area (TPSA) is 53.8 Å². The van der Waals surface area contributed by atoms with Crippen molar-refractivity contribution in [2.45, 2.75) is 0 Å². The molecule has 1 saturated heterocycles. The number of anilines is 2. The van der Waals surface area contributed by atoms with Crippen LogP contribution in [0.3, 0.4) is 0 Å². The molecular formula is C28H18N2O3S. The normalized spacial score (nSPS) is 13.8. The number of fused-ring (bicyclic) bond motifs is 1. The lowest BCUT2D eigenvalue weighted by Gasteiger charge is -2.27. The number of hydrazine groups is 1. The third-order valence-corrected chi connectivity index (χ3v) is 6.73. The fraction of sp³-hybridized carbons (Fsp3) is 0. The molecule has 0 atom stereocenters. The fourth-order valence-electron chi connectivity index (χ4n) is 4.04. The molecule has 0 aliphatic carbocycles. The Morgan fingerprint density at radius 3 is 1.74 bits per heavy atom. The molecular weight excluding hydrogens is 444 g/mol.